The Balaban J connectivity index is 1.90. The van der Waals surface area contributed by atoms with Gasteiger partial charge in [0.1, 0.15) is 5.82 Å². The summed E-state index contributed by atoms with van der Waals surface area (Å²) in [6.07, 6.45) is 8.21. The second-order valence-electron chi connectivity index (χ2n) is 4.82. The van der Waals surface area contributed by atoms with Gasteiger partial charge in [-0.05, 0) is 19.3 Å². The molecule has 0 saturated heterocycles. The fraction of sp³-hybridized carbons (Fsp3) is 0.538. The molecule has 96 valence electrons. The van der Waals surface area contributed by atoms with Gasteiger partial charge in [-0.25, -0.2) is 9.97 Å². The van der Waals surface area contributed by atoms with E-state index in [1.54, 1.807) is 0 Å². The lowest BCUT2D eigenvalue weighted by Crippen LogP contribution is -2.10. The summed E-state index contributed by atoms with van der Waals surface area (Å²) in [6, 6.07) is 0.569. The molecule has 5 heteroatoms. The first-order chi connectivity index (χ1) is 8.81. The van der Waals surface area contributed by atoms with Crippen molar-refractivity contribution in [3.63, 3.8) is 0 Å². The summed E-state index contributed by atoms with van der Waals surface area (Å²) in [7, 11) is 0. The monoisotopic (exact) mass is 245 g/mol. The highest BCUT2D eigenvalue weighted by atomic mass is 15.2. The average molecular weight is 245 g/mol. The van der Waals surface area contributed by atoms with Crippen LogP contribution in [0.4, 0.5) is 11.6 Å². The molecule has 3 rings (SSSR count). The van der Waals surface area contributed by atoms with Gasteiger partial charge >= 0.3 is 0 Å². The number of aromatic nitrogens is 3. The lowest BCUT2D eigenvalue weighted by Gasteiger charge is -2.09. The largest absolute Gasteiger partial charge is 0.369 e. The molecule has 2 aromatic rings. The van der Waals surface area contributed by atoms with Crippen LogP contribution in [-0.2, 0) is 0 Å². The van der Waals surface area contributed by atoms with Crippen LogP contribution in [0.3, 0.4) is 0 Å². The van der Waals surface area contributed by atoms with E-state index in [2.05, 4.69) is 34.4 Å². The number of imidazole rings is 1. The van der Waals surface area contributed by atoms with Crippen LogP contribution >= 0.6 is 0 Å². The Kier molecular flexibility index (Phi) is 2.81. The highest BCUT2D eigenvalue weighted by molar-refractivity contribution is 5.66. The SMILES string of the molecule is CCNc1cn2ccnc2c(NC2CC2CC)n1. The average Bonchev–Trinajstić information content (AvgIpc) is 2.94. The number of anilines is 2. The van der Waals surface area contributed by atoms with Crippen LogP contribution in [0.5, 0.6) is 0 Å². The molecule has 0 spiro atoms. The fourth-order valence-corrected chi connectivity index (χ4v) is 2.35. The molecule has 2 aromatic heterocycles. The van der Waals surface area contributed by atoms with Crippen molar-refractivity contribution in [2.24, 2.45) is 5.92 Å². The molecule has 1 aliphatic rings. The first-order valence-corrected chi connectivity index (χ1v) is 6.66. The van der Waals surface area contributed by atoms with Gasteiger partial charge in [0, 0.05) is 25.0 Å². The van der Waals surface area contributed by atoms with Crippen molar-refractivity contribution in [1.29, 1.82) is 0 Å². The third-order valence-electron chi connectivity index (χ3n) is 3.50. The normalized spacial score (nSPS) is 22.1. The fourth-order valence-electron chi connectivity index (χ4n) is 2.35. The predicted octanol–water partition coefficient (Wildman–Crippen LogP) is 2.37. The zero-order valence-corrected chi connectivity index (χ0v) is 10.8. The molecule has 18 heavy (non-hydrogen) atoms. The quantitative estimate of drug-likeness (QED) is 0.849. The van der Waals surface area contributed by atoms with E-state index in [1.807, 2.05) is 23.0 Å². The molecule has 2 heterocycles. The minimum absolute atomic E-state index is 0.569. The third kappa shape index (κ3) is 2.00. The summed E-state index contributed by atoms with van der Waals surface area (Å²) in [4.78, 5) is 8.97. The van der Waals surface area contributed by atoms with Crippen LogP contribution in [0.25, 0.3) is 5.65 Å². The van der Waals surface area contributed by atoms with Gasteiger partial charge in [-0.1, -0.05) is 13.3 Å². The first kappa shape index (κ1) is 11.3. The highest BCUT2D eigenvalue weighted by Crippen LogP contribution is 2.36. The second kappa shape index (κ2) is 4.48. The summed E-state index contributed by atoms with van der Waals surface area (Å²) >= 11 is 0. The molecule has 0 radical (unpaired) electrons. The van der Waals surface area contributed by atoms with Crippen molar-refractivity contribution in [2.75, 3.05) is 17.2 Å². The summed E-state index contributed by atoms with van der Waals surface area (Å²) < 4.78 is 2.01. The van der Waals surface area contributed by atoms with E-state index in [0.717, 1.165) is 29.7 Å². The number of nitrogens with one attached hydrogen (secondary N) is 2. The molecule has 1 saturated carbocycles. The summed E-state index contributed by atoms with van der Waals surface area (Å²) in [5, 5.41) is 6.76. The van der Waals surface area contributed by atoms with Crippen molar-refractivity contribution in [2.45, 2.75) is 32.7 Å². The van der Waals surface area contributed by atoms with Gasteiger partial charge in [-0.15, -0.1) is 0 Å². The first-order valence-electron chi connectivity index (χ1n) is 6.66. The predicted molar refractivity (Wildman–Crippen MR) is 73.0 cm³/mol. The van der Waals surface area contributed by atoms with Gasteiger partial charge in [-0.2, -0.15) is 0 Å². The van der Waals surface area contributed by atoms with E-state index >= 15 is 0 Å². The van der Waals surface area contributed by atoms with Crippen LogP contribution in [0.15, 0.2) is 18.6 Å². The van der Waals surface area contributed by atoms with E-state index in [-0.39, 0.29) is 0 Å². The Hall–Kier alpha value is -1.78. The highest BCUT2D eigenvalue weighted by Gasteiger charge is 2.35. The summed E-state index contributed by atoms with van der Waals surface area (Å²) in [5.41, 5.74) is 0.901. The zero-order valence-electron chi connectivity index (χ0n) is 10.8. The van der Waals surface area contributed by atoms with Crippen molar-refractivity contribution >= 4 is 17.3 Å². The summed E-state index contributed by atoms with van der Waals surface area (Å²) in [6.45, 7) is 5.18. The molecule has 2 N–H and O–H groups in total. The third-order valence-corrected chi connectivity index (χ3v) is 3.50. The standard InChI is InChI=1S/C13H19N5/c1-3-9-7-10(9)16-12-13-15-5-6-18(13)8-11(17-12)14-4-2/h5-6,8-10,14H,3-4,7H2,1-2H3,(H,16,17). The van der Waals surface area contributed by atoms with Gasteiger partial charge in [-0.3, -0.25) is 0 Å². The van der Waals surface area contributed by atoms with Crippen LogP contribution in [0, 0.1) is 5.92 Å². The number of rotatable bonds is 5. The number of hydrogen-bond donors (Lipinski definition) is 2. The zero-order chi connectivity index (χ0) is 12.5. The van der Waals surface area contributed by atoms with Crippen LogP contribution in [0.1, 0.15) is 26.7 Å². The van der Waals surface area contributed by atoms with Crippen LogP contribution in [-0.4, -0.2) is 27.0 Å². The molecule has 0 aromatic carbocycles. The molecule has 0 aliphatic heterocycles. The van der Waals surface area contributed by atoms with E-state index < -0.39 is 0 Å². The van der Waals surface area contributed by atoms with Crippen molar-refractivity contribution < 1.29 is 0 Å². The van der Waals surface area contributed by atoms with Crippen molar-refractivity contribution in [1.82, 2.24) is 14.4 Å². The van der Waals surface area contributed by atoms with Crippen molar-refractivity contribution in [3.05, 3.63) is 18.6 Å². The van der Waals surface area contributed by atoms with E-state index in [0.29, 0.717) is 6.04 Å². The molecule has 2 atom stereocenters. The summed E-state index contributed by atoms with van der Waals surface area (Å²) in [5.74, 6) is 2.57. The van der Waals surface area contributed by atoms with Gasteiger partial charge in [0.05, 0.1) is 6.20 Å². The maximum atomic E-state index is 4.61. The smallest absolute Gasteiger partial charge is 0.180 e. The Labute approximate surface area is 107 Å². The lowest BCUT2D eigenvalue weighted by atomic mass is 10.3. The molecule has 0 amide bonds. The Morgan fingerprint density at radius 2 is 2.33 bits per heavy atom. The number of fused-ring (bicyclic) bond motifs is 1. The Morgan fingerprint density at radius 3 is 3.06 bits per heavy atom. The molecule has 1 fully saturated rings. The Morgan fingerprint density at radius 1 is 1.44 bits per heavy atom. The topological polar surface area (TPSA) is 54.2 Å². The molecule has 5 nitrogen and oxygen atoms in total. The van der Waals surface area contributed by atoms with Gasteiger partial charge in [0.25, 0.3) is 0 Å². The van der Waals surface area contributed by atoms with E-state index in [9.17, 15) is 0 Å². The maximum Gasteiger partial charge on any atom is 0.180 e. The van der Waals surface area contributed by atoms with Crippen molar-refractivity contribution in [3.8, 4) is 0 Å². The molecule has 2 unspecified atom stereocenters. The molecule has 0 bridgehead atoms. The van der Waals surface area contributed by atoms with E-state index in [1.165, 1.54) is 12.8 Å². The molecule has 1 aliphatic carbocycles. The number of nitrogens with zero attached hydrogens (tertiary/aromatic N) is 3. The Bertz CT molecular complexity index is 547. The van der Waals surface area contributed by atoms with Crippen LogP contribution in [0.2, 0.25) is 0 Å². The molecular weight excluding hydrogens is 226 g/mol. The minimum Gasteiger partial charge on any atom is -0.369 e. The van der Waals surface area contributed by atoms with Crippen LogP contribution < -0.4 is 10.6 Å². The number of hydrogen-bond acceptors (Lipinski definition) is 4. The maximum absolute atomic E-state index is 4.61. The van der Waals surface area contributed by atoms with Gasteiger partial charge in [0.2, 0.25) is 0 Å². The van der Waals surface area contributed by atoms with Gasteiger partial charge in [0.15, 0.2) is 11.5 Å². The van der Waals surface area contributed by atoms with E-state index in [4.69, 9.17) is 0 Å². The second-order valence-corrected chi connectivity index (χ2v) is 4.82. The lowest BCUT2D eigenvalue weighted by molar-refractivity contribution is 0.773. The minimum atomic E-state index is 0.569. The molecular formula is C13H19N5. The van der Waals surface area contributed by atoms with Gasteiger partial charge < -0.3 is 15.0 Å².